The number of hydrogen-bond donors (Lipinski definition) is 0. The van der Waals surface area contributed by atoms with Gasteiger partial charge < -0.3 is 22.6 Å². The summed E-state index contributed by atoms with van der Waals surface area (Å²) in [6, 6.07) is 92.1. The summed E-state index contributed by atoms with van der Waals surface area (Å²) >= 11 is 2.92. The molecule has 0 saturated carbocycles. The van der Waals surface area contributed by atoms with Crippen LogP contribution in [-0.2, 0) is 70.1 Å². The van der Waals surface area contributed by atoms with E-state index < -0.39 is 0 Å². The van der Waals surface area contributed by atoms with E-state index in [1.54, 1.807) is 12.1 Å². The summed E-state index contributed by atoms with van der Waals surface area (Å²) in [6.45, 7) is 36.6. The van der Waals surface area contributed by atoms with Crippen molar-refractivity contribution in [3.63, 3.8) is 0 Å². The molecule has 0 unspecified atom stereocenters. The molecule has 0 aliphatic heterocycles. The van der Waals surface area contributed by atoms with E-state index in [-0.39, 0.29) is 45.6 Å². The van der Waals surface area contributed by atoms with E-state index in [2.05, 4.69) is 397 Å². The van der Waals surface area contributed by atoms with Crippen molar-refractivity contribution in [2.45, 2.75) is 152 Å². The molecule has 0 atom stereocenters. The fourth-order valence-electron chi connectivity index (χ4n) is 11.5. The van der Waals surface area contributed by atoms with Gasteiger partial charge in [-0.1, -0.05) is 249 Å². The Morgan fingerprint density at radius 2 is 0.618 bits per heavy atom. The molecule has 2 aliphatic rings. The Morgan fingerprint density at radius 1 is 0.343 bits per heavy atom. The van der Waals surface area contributed by atoms with Gasteiger partial charge in [0.25, 0.3) is 0 Å². The van der Waals surface area contributed by atoms with E-state index in [0.717, 1.165) is 24.0 Å². The van der Waals surface area contributed by atoms with Crippen molar-refractivity contribution in [1.29, 1.82) is 0 Å². The zero-order valence-electron chi connectivity index (χ0n) is 63.4. The number of benzene rings is 10. The minimum Gasteiger partial charge on any atom is -0.126 e. The van der Waals surface area contributed by atoms with Crippen LogP contribution in [0.3, 0.4) is 0 Å². The van der Waals surface area contributed by atoms with Gasteiger partial charge in [-0.3, -0.25) is 12.2 Å². The van der Waals surface area contributed by atoms with Crippen molar-refractivity contribution in [2.75, 3.05) is 0 Å². The van der Waals surface area contributed by atoms with Crippen LogP contribution in [0.4, 0.5) is 0 Å². The largest absolute Gasteiger partial charge is 0.126 e. The van der Waals surface area contributed by atoms with Gasteiger partial charge in [-0.25, -0.2) is 12.2 Å². The average molecular weight is 1520 g/mol. The van der Waals surface area contributed by atoms with Gasteiger partial charge in [0.1, 0.15) is 0 Å². The molecule has 0 N–H and O–H groups in total. The molecule has 2 nitrogen and oxygen atoms in total. The molecule has 0 spiro atoms. The normalized spacial score (nSPS) is 12.3. The van der Waals surface area contributed by atoms with Crippen LogP contribution in [0.2, 0.25) is 0 Å². The number of fused-ring (bicyclic) bond motifs is 6. The number of allylic oxidation sites excluding steroid dienone is 8. The molecule has 0 radical (unpaired) electrons. The first-order chi connectivity index (χ1) is 47.8. The van der Waals surface area contributed by atoms with Gasteiger partial charge in [-0.15, -0.1) is 104 Å². The molecule has 5 heteroatoms. The van der Waals surface area contributed by atoms with Crippen molar-refractivity contribution < 1.29 is 71.1 Å². The Labute approximate surface area is 648 Å². The van der Waals surface area contributed by atoms with Crippen LogP contribution in [0, 0.1) is 23.5 Å². The summed E-state index contributed by atoms with van der Waals surface area (Å²) in [6.07, 6.45) is 17.0. The minimum absolute atomic E-state index is 0. The van der Waals surface area contributed by atoms with Gasteiger partial charge in [-0.05, 0) is 32.8 Å². The van der Waals surface area contributed by atoms with Crippen molar-refractivity contribution in [3.05, 3.63) is 359 Å². The molecule has 0 amide bonds. The maximum Gasteiger partial charge on any atom is -0.0771 e. The Hall–Kier alpha value is -7.70. The third kappa shape index (κ3) is 25.3. The fourth-order valence-corrected chi connectivity index (χ4v) is 13.1. The number of rotatable bonds is 5. The summed E-state index contributed by atoms with van der Waals surface area (Å²) < 4.78 is 2.83. The molecule has 12 aromatic carbocycles. The molecule has 0 bridgehead atoms. The molecule has 522 valence electrons. The van der Waals surface area contributed by atoms with Gasteiger partial charge in [0.15, 0.2) is 0 Å². The number of halogens is 1. The monoisotopic (exact) mass is 1520 g/mol. The van der Waals surface area contributed by atoms with Gasteiger partial charge >= 0.3 is 198 Å². The van der Waals surface area contributed by atoms with E-state index in [1.165, 1.54) is 142 Å². The van der Waals surface area contributed by atoms with Crippen LogP contribution in [0.5, 0.6) is 11.5 Å². The predicted octanol–water partition coefficient (Wildman–Crippen LogP) is 21.8. The van der Waals surface area contributed by atoms with E-state index in [0.29, 0.717) is 11.3 Å². The quantitative estimate of drug-likeness (QED) is 0.161. The van der Waals surface area contributed by atoms with E-state index >= 15 is 0 Å². The molecule has 0 heterocycles. The number of hydrogen-bond acceptors (Lipinski definition) is 2. The predicted molar refractivity (Wildman–Crippen MR) is 428 cm³/mol. The van der Waals surface area contributed by atoms with E-state index in [1.807, 2.05) is 12.1 Å². The van der Waals surface area contributed by atoms with Crippen LogP contribution in [0.1, 0.15) is 175 Å². The Bertz CT molecular complexity index is 4260. The minimum atomic E-state index is -0.0711. The van der Waals surface area contributed by atoms with Crippen LogP contribution >= 0.6 is 0 Å². The molecule has 0 fully saturated rings. The molecule has 0 saturated heterocycles. The summed E-state index contributed by atoms with van der Waals surface area (Å²) in [5.41, 5.74) is 12.8. The smallest absolute Gasteiger partial charge is 0.0771 e. The SMILES string of the molecule is CC(C)(C)C1=CC[C-]=C1.CC(C)(C)c1ccc([O-])c(C(C)(C)C)c1.CC(C)(C)c1ccc([O-])c(C(C)(C)C)c1.CC(C)C1=CC[C-]=C1.[Cl-].[Zr+2]=[C](c1ccccc1)c1ccccc1.[Zr+2]=[C](c1ccccc1)c1ccccc1.c1ccc2c(c1)[cH-]c1ccccc12.c1ccc2c(c1)[cH-]c1ccccc12. The zero-order chi connectivity index (χ0) is 73.5. The Morgan fingerprint density at radius 3 is 0.833 bits per heavy atom. The first-order valence-electron chi connectivity index (χ1n) is 35.4. The van der Waals surface area contributed by atoms with Gasteiger partial charge in [-0.2, -0.15) is 23.3 Å². The topological polar surface area (TPSA) is 46.1 Å². The second-order valence-electron chi connectivity index (χ2n) is 31.1. The van der Waals surface area contributed by atoms with Crippen molar-refractivity contribution in [3.8, 4) is 11.5 Å². The Balaban J connectivity index is 0.000000184. The molecule has 12 aromatic rings. The zero-order valence-corrected chi connectivity index (χ0v) is 69.1. The van der Waals surface area contributed by atoms with Gasteiger partial charge in [0.05, 0.1) is 0 Å². The van der Waals surface area contributed by atoms with Crippen molar-refractivity contribution in [1.82, 2.24) is 0 Å². The Kier molecular flexibility index (Phi) is 31.6. The molecule has 2 aliphatic carbocycles. The van der Waals surface area contributed by atoms with E-state index in [9.17, 15) is 10.2 Å². The maximum atomic E-state index is 11.7. The second-order valence-corrected chi connectivity index (χ2v) is 33.6. The van der Waals surface area contributed by atoms with Gasteiger partial charge in [0, 0.05) is 0 Å². The first-order valence-corrected chi connectivity index (χ1v) is 37.9. The van der Waals surface area contributed by atoms with Crippen LogP contribution in [0.25, 0.3) is 43.1 Å². The third-order valence-electron chi connectivity index (χ3n) is 17.6. The standard InChI is InChI=1S/2C14H22O.2C13H9.2C13H10.C9H13.C8H11.ClH.2Zr/c2*1-13(2,3)10-7-8-12(15)11(9-10)14(4,5)6;2*1-3-7-12-10(5-1)9-11-6-2-4-8-13(11)12;2*1-3-7-12(8-4-1)11-13-9-5-2-6-10-13;1-9(2,3)8-6-4-5-7-8;1-7(2)8-5-3-4-6-8;;;/h2*7-9,15H,1-6H3;2*1-9H;2*1-10H;6-7H,4H2,1-3H3;5-7H,3H2,1-2H3;1H;;/q;;2*-1;;;2*-1;;2*+2/p-3. The molecule has 0 aromatic heterocycles. The average Bonchev–Trinajstić information content (AvgIpc) is 1.62. The summed E-state index contributed by atoms with van der Waals surface area (Å²) in [4.78, 5) is 0. The summed E-state index contributed by atoms with van der Waals surface area (Å²) in [7, 11) is 0. The van der Waals surface area contributed by atoms with Crippen LogP contribution < -0.4 is 22.6 Å². The van der Waals surface area contributed by atoms with Crippen LogP contribution in [0.15, 0.2) is 302 Å². The first kappa shape index (κ1) is 83.2. The van der Waals surface area contributed by atoms with Crippen molar-refractivity contribution >= 4 is 49.5 Å². The molecule has 14 rings (SSSR count). The van der Waals surface area contributed by atoms with Crippen molar-refractivity contribution in [2.24, 2.45) is 11.3 Å². The van der Waals surface area contributed by atoms with Crippen LogP contribution in [-0.4, -0.2) is 6.41 Å². The second kappa shape index (κ2) is 38.7. The maximum absolute atomic E-state index is 11.7. The third-order valence-corrected chi connectivity index (χ3v) is 20.4. The molecule has 102 heavy (non-hydrogen) atoms. The van der Waals surface area contributed by atoms with E-state index in [4.69, 9.17) is 0 Å². The molecular formula is C97H104ClO2Zr2-3. The van der Waals surface area contributed by atoms with Gasteiger partial charge in [0.2, 0.25) is 0 Å². The summed E-state index contributed by atoms with van der Waals surface area (Å²) in [5, 5.41) is 34.3. The fraction of sp³-hybridized carbons (Fsp3) is 0.258. The molecular weight excluding hydrogens is 1410 g/mol. The summed E-state index contributed by atoms with van der Waals surface area (Å²) in [5.74, 6) is 0.982.